The van der Waals surface area contributed by atoms with E-state index in [1.165, 1.54) is 40.1 Å². The van der Waals surface area contributed by atoms with Gasteiger partial charge in [0.2, 0.25) is 0 Å². The van der Waals surface area contributed by atoms with Crippen LogP contribution in [0.25, 0.3) is 21.5 Å². The molecule has 0 aliphatic heterocycles. The maximum absolute atomic E-state index is 13.3. The molecular formula is C39H46FN5O2S. The summed E-state index contributed by atoms with van der Waals surface area (Å²) in [5.41, 5.74) is 5.31. The Kier molecular flexibility index (Phi) is 10.9. The van der Waals surface area contributed by atoms with E-state index in [4.69, 9.17) is 9.72 Å². The zero-order valence-electron chi connectivity index (χ0n) is 28.2. The number of fused-ring (bicyclic) bond motifs is 1. The topological polar surface area (TPSA) is 72.3 Å². The Labute approximate surface area is 287 Å². The van der Waals surface area contributed by atoms with Gasteiger partial charge in [0.1, 0.15) is 23.4 Å². The number of thiophene rings is 1. The highest BCUT2D eigenvalue weighted by atomic mass is 32.1. The maximum atomic E-state index is 13.3. The smallest absolute Gasteiger partial charge is 0.410 e. The van der Waals surface area contributed by atoms with E-state index >= 15 is 0 Å². The van der Waals surface area contributed by atoms with Gasteiger partial charge in [0.15, 0.2) is 0 Å². The fourth-order valence-corrected chi connectivity index (χ4v) is 7.57. The molecule has 0 bridgehead atoms. The molecule has 2 atom stereocenters. The number of carbonyl (C=O) groups is 1. The lowest BCUT2D eigenvalue weighted by molar-refractivity contribution is 0.0250. The van der Waals surface area contributed by atoms with Crippen LogP contribution in [0.4, 0.5) is 9.18 Å². The summed E-state index contributed by atoms with van der Waals surface area (Å²) in [7, 11) is 0. The molecule has 6 rings (SSSR count). The van der Waals surface area contributed by atoms with Crippen LogP contribution in [0.1, 0.15) is 69.2 Å². The number of halogens is 1. The van der Waals surface area contributed by atoms with Crippen molar-refractivity contribution in [2.24, 2.45) is 5.92 Å². The van der Waals surface area contributed by atoms with Crippen LogP contribution in [0.5, 0.6) is 0 Å². The molecule has 3 aromatic heterocycles. The molecule has 48 heavy (non-hydrogen) atoms. The Morgan fingerprint density at radius 1 is 1.06 bits per heavy atom. The summed E-state index contributed by atoms with van der Waals surface area (Å²) in [6.45, 7) is 8.56. The monoisotopic (exact) mass is 667 g/mol. The first-order chi connectivity index (χ1) is 23.2. The highest BCUT2D eigenvalue weighted by molar-refractivity contribution is 7.13. The number of amides is 1. The molecule has 1 amide bonds. The minimum Gasteiger partial charge on any atom is -0.444 e. The Hall–Kier alpha value is -4.08. The molecule has 1 fully saturated rings. The SMILES string of the molecule is CC(C)(C)OC(=O)N(CCCNC[C@@H]1CC[C@H](n2cc(-c3cc(Cc4ccccc4)cs3)c3cncnc32)C1)CCc1ccc(F)cc1. The van der Waals surface area contributed by atoms with E-state index in [9.17, 15) is 9.18 Å². The molecule has 1 saturated carbocycles. The van der Waals surface area contributed by atoms with Crippen LogP contribution in [0.15, 0.2) is 84.8 Å². The van der Waals surface area contributed by atoms with Crippen LogP contribution in [0.3, 0.4) is 0 Å². The van der Waals surface area contributed by atoms with Gasteiger partial charge in [0.25, 0.3) is 0 Å². The van der Waals surface area contributed by atoms with E-state index in [1.807, 2.05) is 27.0 Å². The minimum atomic E-state index is -0.560. The number of aromatic nitrogens is 3. The van der Waals surface area contributed by atoms with Gasteiger partial charge >= 0.3 is 6.09 Å². The zero-order chi connectivity index (χ0) is 33.5. The number of nitrogens with one attached hydrogen (secondary N) is 1. The molecule has 0 spiro atoms. The lowest BCUT2D eigenvalue weighted by atomic mass is 10.1. The van der Waals surface area contributed by atoms with Crippen molar-refractivity contribution in [2.45, 2.75) is 70.9 Å². The first-order valence-electron chi connectivity index (χ1n) is 17.1. The van der Waals surface area contributed by atoms with E-state index in [0.29, 0.717) is 31.5 Å². The summed E-state index contributed by atoms with van der Waals surface area (Å²) in [6.07, 6.45) is 11.4. The predicted molar refractivity (Wildman–Crippen MR) is 192 cm³/mol. The maximum Gasteiger partial charge on any atom is 0.410 e. The van der Waals surface area contributed by atoms with Crippen molar-refractivity contribution < 1.29 is 13.9 Å². The third-order valence-electron chi connectivity index (χ3n) is 9.02. The van der Waals surface area contributed by atoms with Crippen LogP contribution in [0, 0.1) is 11.7 Å². The number of hydrogen-bond acceptors (Lipinski definition) is 6. The number of hydrogen-bond donors (Lipinski definition) is 1. The van der Waals surface area contributed by atoms with Gasteiger partial charge in [-0.25, -0.2) is 19.2 Å². The molecule has 252 valence electrons. The number of benzene rings is 2. The van der Waals surface area contributed by atoms with Gasteiger partial charge in [-0.05, 0) is 119 Å². The van der Waals surface area contributed by atoms with Gasteiger partial charge < -0.3 is 19.5 Å². The molecule has 0 unspecified atom stereocenters. The molecule has 7 nitrogen and oxygen atoms in total. The summed E-state index contributed by atoms with van der Waals surface area (Å²) in [6, 6.07) is 19.8. The van der Waals surface area contributed by atoms with Crippen molar-refractivity contribution in [1.82, 2.24) is 24.8 Å². The van der Waals surface area contributed by atoms with Gasteiger partial charge in [-0.2, -0.15) is 0 Å². The summed E-state index contributed by atoms with van der Waals surface area (Å²) in [5, 5.41) is 7.04. The fraction of sp³-hybridized carbons (Fsp3) is 0.410. The van der Waals surface area contributed by atoms with Crippen molar-refractivity contribution >= 4 is 28.5 Å². The molecule has 0 saturated heterocycles. The number of carbonyl (C=O) groups excluding carboxylic acids is 1. The van der Waals surface area contributed by atoms with Crippen LogP contribution in [0.2, 0.25) is 0 Å². The van der Waals surface area contributed by atoms with Crippen LogP contribution >= 0.6 is 11.3 Å². The second-order valence-corrected chi connectivity index (χ2v) is 14.8. The second kappa shape index (κ2) is 15.4. The number of rotatable bonds is 13. The highest BCUT2D eigenvalue weighted by Gasteiger charge is 2.28. The van der Waals surface area contributed by atoms with Gasteiger partial charge in [0.05, 0.1) is 0 Å². The molecule has 0 radical (unpaired) electrons. The lowest BCUT2D eigenvalue weighted by Gasteiger charge is -2.27. The Morgan fingerprint density at radius 3 is 2.67 bits per heavy atom. The van der Waals surface area contributed by atoms with Crippen molar-refractivity contribution in [3.63, 3.8) is 0 Å². The van der Waals surface area contributed by atoms with Crippen LogP contribution < -0.4 is 5.32 Å². The summed E-state index contributed by atoms with van der Waals surface area (Å²) >= 11 is 1.79. The Bertz CT molecular complexity index is 1780. The van der Waals surface area contributed by atoms with E-state index in [0.717, 1.165) is 55.4 Å². The quantitative estimate of drug-likeness (QED) is 0.127. The molecule has 1 aliphatic carbocycles. The average molecular weight is 668 g/mol. The molecule has 1 N–H and O–H groups in total. The fourth-order valence-electron chi connectivity index (χ4n) is 6.63. The molecule has 3 heterocycles. The van der Waals surface area contributed by atoms with Crippen molar-refractivity contribution in [3.8, 4) is 10.4 Å². The first-order valence-corrected chi connectivity index (χ1v) is 17.9. The van der Waals surface area contributed by atoms with E-state index < -0.39 is 5.60 Å². The Morgan fingerprint density at radius 2 is 1.88 bits per heavy atom. The minimum absolute atomic E-state index is 0.255. The standard InChI is InChI=1S/C39H46FN5O2S/c1-39(2,3)47-38(46)44(19-16-28-10-13-32(40)14-11-28)18-7-17-41-23-30-12-15-33(21-30)45-25-35(34-24-42-27-43-37(34)45)36-22-31(26-48-36)20-29-8-5-4-6-9-29/h4-6,8-11,13-14,22,24-27,30,33,41H,7,12,15-21,23H2,1-3H3/t30-,33+/m1/s1. The van der Waals surface area contributed by atoms with Gasteiger partial charge in [-0.15, -0.1) is 11.3 Å². The summed E-state index contributed by atoms with van der Waals surface area (Å²) in [5.74, 6) is 0.326. The van der Waals surface area contributed by atoms with Gasteiger partial charge in [-0.3, -0.25) is 0 Å². The predicted octanol–water partition coefficient (Wildman–Crippen LogP) is 8.69. The van der Waals surface area contributed by atoms with E-state index in [1.54, 1.807) is 34.7 Å². The number of ether oxygens (including phenoxy) is 1. The summed E-state index contributed by atoms with van der Waals surface area (Å²) < 4.78 is 21.4. The van der Waals surface area contributed by atoms with Crippen LogP contribution in [-0.4, -0.2) is 57.3 Å². The van der Waals surface area contributed by atoms with Gasteiger partial charge in [-0.1, -0.05) is 42.5 Å². The summed E-state index contributed by atoms with van der Waals surface area (Å²) in [4.78, 5) is 25.1. The lowest BCUT2D eigenvalue weighted by Crippen LogP contribution is -2.39. The third kappa shape index (κ3) is 8.88. The van der Waals surface area contributed by atoms with Crippen LogP contribution in [-0.2, 0) is 17.6 Å². The van der Waals surface area contributed by atoms with Crippen molar-refractivity contribution in [1.29, 1.82) is 0 Å². The van der Waals surface area contributed by atoms with Crippen molar-refractivity contribution in [3.05, 3.63) is 107 Å². The van der Waals surface area contributed by atoms with E-state index in [-0.39, 0.29) is 11.9 Å². The molecule has 9 heteroatoms. The third-order valence-corrected chi connectivity index (χ3v) is 10.0. The number of nitrogens with zero attached hydrogens (tertiary/aromatic N) is 4. The van der Waals surface area contributed by atoms with Crippen molar-refractivity contribution in [2.75, 3.05) is 26.2 Å². The molecular weight excluding hydrogens is 622 g/mol. The highest BCUT2D eigenvalue weighted by Crippen LogP contribution is 2.40. The first kappa shape index (κ1) is 33.8. The molecule has 2 aromatic carbocycles. The molecule has 5 aromatic rings. The normalized spacial score (nSPS) is 16.4. The average Bonchev–Trinajstić information content (AvgIpc) is 3.82. The Balaban J connectivity index is 1.02. The zero-order valence-corrected chi connectivity index (χ0v) is 29.0. The second-order valence-electron chi connectivity index (χ2n) is 13.9. The largest absolute Gasteiger partial charge is 0.444 e. The van der Waals surface area contributed by atoms with E-state index in [2.05, 4.69) is 62.8 Å². The van der Waals surface area contributed by atoms with Gasteiger partial charge in [0, 0.05) is 47.4 Å². The molecule has 1 aliphatic rings.